The molecule has 0 saturated carbocycles. The SMILES string of the molecule is CC(Oc1ccccc1CCO)C(=O)N1CCCCCC1. The van der Waals surface area contributed by atoms with E-state index in [1.54, 1.807) is 0 Å². The average Bonchev–Trinajstić information content (AvgIpc) is 2.78. The van der Waals surface area contributed by atoms with Crippen molar-refractivity contribution in [3.8, 4) is 5.75 Å². The van der Waals surface area contributed by atoms with Crippen molar-refractivity contribution in [1.82, 2.24) is 4.90 Å². The summed E-state index contributed by atoms with van der Waals surface area (Å²) in [4.78, 5) is 14.4. The molecule has 21 heavy (non-hydrogen) atoms. The van der Waals surface area contributed by atoms with Crippen LogP contribution in [0.15, 0.2) is 24.3 Å². The van der Waals surface area contributed by atoms with Crippen molar-refractivity contribution in [2.75, 3.05) is 19.7 Å². The Labute approximate surface area is 126 Å². The molecule has 1 heterocycles. The quantitative estimate of drug-likeness (QED) is 0.906. The molecule has 116 valence electrons. The van der Waals surface area contributed by atoms with Gasteiger partial charge in [0.25, 0.3) is 5.91 Å². The normalized spacial score (nSPS) is 17.1. The van der Waals surface area contributed by atoms with Crippen molar-refractivity contribution < 1.29 is 14.6 Å². The van der Waals surface area contributed by atoms with Gasteiger partial charge in [-0.05, 0) is 37.8 Å². The summed E-state index contributed by atoms with van der Waals surface area (Å²) >= 11 is 0. The van der Waals surface area contributed by atoms with E-state index in [2.05, 4.69) is 0 Å². The number of rotatable bonds is 5. The van der Waals surface area contributed by atoms with Crippen molar-refractivity contribution in [3.05, 3.63) is 29.8 Å². The molecule has 4 nitrogen and oxygen atoms in total. The first-order chi connectivity index (χ1) is 10.2. The second kappa shape index (κ2) is 8.03. The molecule has 0 aliphatic carbocycles. The van der Waals surface area contributed by atoms with Crippen LogP contribution >= 0.6 is 0 Å². The minimum absolute atomic E-state index is 0.0655. The molecule has 1 aromatic rings. The third-order valence-electron chi connectivity index (χ3n) is 3.92. The summed E-state index contributed by atoms with van der Waals surface area (Å²) < 4.78 is 5.85. The molecule has 0 bridgehead atoms. The maximum absolute atomic E-state index is 12.5. The second-order valence-electron chi connectivity index (χ2n) is 5.58. The third-order valence-corrected chi connectivity index (χ3v) is 3.92. The zero-order valence-electron chi connectivity index (χ0n) is 12.8. The summed E-state index contributed by atoms with van der Waals surface area (Å²) in [6.45, 7) is 3.56. The van der Waals surface area contributed by atoms with E-state index < -0.39 is 6.10 Å². The van der Waals surface area contributed by atoms with Crippen LogP contribution in [0.3, 0.4) is 0 Å². The van der Waals surface area contributed by atoms with Gasteiger partial charge < -0.3 is 14.7 Å². The van der Waals surface area contributed by atoms with E-state index >= 15 is 0 Å². The van der Waals surface area contributed by atoms with Gasteiger partial charge in [0, 0.05) is 19.7 Å². The van der Waals surface area contributed by atoms with E-state index in [0.29, 0.717) is 12.2 Å². The molecule has 4 heteroatoms. The number of nitrogens with zero attached hydrogens (tertiary/aromatic N) is 1. The van der Waals surface area contributed by atoms with Crippen LogP contribution in [0.25, 0.3) is 0 Å². The Hall–Kier alpha value is -1.55. The molecule has 1 aromatic carbocycles. The summed E-state index contributed by atoms with van der Waals surface area (Å²) in [5, 5.41) is 9.09. The van der Waals surface area contributed by atoms with E-state index in [1.807, 2.05) is 36.1 Å². The largest absolute Gasteiger partial charge is 0.481 e. The molecule has 1 amide bonds. The first-order valence-corrected chi connectivity index (χ1v) is 7.86. The van der Waals surface area contributed by atoms with Crippen LogP contribution < -0.4 is 4.74 Å². The van der Waals surface area contributed by atoms with Crippen LogP contribution in [-0.4, -0.2) is 41.7 Å². The van der Waals surface area contributed by atoms with Crippen LogP contribution in [0, 0.1) is 0 Å². The highest BCUT2D eigenvalue weighted by Gasteiger charge is 2.23. The van der Waals surface area contributed by atoms with Crippen LogP contribution in [0.4, 0.5) is 0 Å². The minimum atomic E-state index is -0.483. The van der Waals surface area contributed by atoms with Crippen LogP contribution in [0.1, 0.15) is 38.2 Å². The minimum Gasteiger partial charge on any atom is -0.481 e. The van der Waals surface area contributed by atoms with Gasteiger partial charge in [0.15, 0.2) is 6.10 Å². The van der Waals surface area contributed by atoms with E-state index in [1.165, 1.54) is 12.8 Å². The molecule has 1 unspecified atom stereocenters. The lowest BCUT2D eigenvalue weighted by Crippen LogP contribution is -2.41. The van der Waals surface area contributed by atoms with Crippen molar-refractivity contribution in [3.63, 3.8) is 0 Å². The summed E-state index contributed by atoms with van der Waals surface area (Å²) in [5.74, 6) is 0.762. The Kier molecular flexibility index (Phi) is 6.05. The number of aliphatic hydroxyl groups excluding tert-OH is 1. The summed E-state index contributed by atoms with van der Waals surface area (Å²) in [7, 11) is 0. The number of amides is 1. The maximum atomic E-state index is 12.5. The van der Waals surface area contributed by atoms with E-state index in [0.717, 1.165) is 31.5 Å². The fraction of sp³-hybridized carbons (Fsp3) is 0.588. The summed E-state index contributed by atoms with van der Waals surface area (Å²) in [6, 6.07) is 7.59. The molecular weight excluding hydrogens is 266 g/mol. The second-order valence-corrected chi connectivity index (χ2v) is 5.58. The number of hydrogen-bond donors (Lipinski definition) is 1. The molecule has 1 fully saturated rings. The van der Waals surface area contributed by atoms with Crippen molar-refractivity contribution in [1.29, 1.82) is 0 Å². The van der Waals surface area contributed by atoms with E-state index in [4.69, 9.17) is 9.84 Å². The molecule has 1 atom stereocenters. The smallest absolute Gasteiger partial charge is 0.263 e. The fourth-order valence-corrected chi connectivity index (χ4v) is 2.73. The zero-order chi connectivity index (χ0) is 15.1. The molecule has 2 rings (SSSR count). The molecule has 1 aliphatic heterocycles. The van der Waals surface area contributed by atoms with Gasteiger partial charge in [0.1, 0.15) is 5.75 Å². The van der Waals surface area contributed by atoms with Gasteiger partial charge in [-0.25, -0.2) is 0 Å². The third kappa shape index (κ3) is 4.46. The molecule has 1 aliphatic rings. The van der Waals surface area contributed by atoms with Gasteiger partial charge in [-0.3, -0.25) is 4.79 Å². The first kappa shape index (κ1) is 15.8. The number of hydrogen-bond acceptors (Lipinski definition) is 3. The Morgan fingerprint density at radius 2 is 1.90 bits per heavy atom. The summed E-state index contributed by atoms with van der Waals surface area (Å²) in [5.41, 5.74) is 0.940. The summed E-state index contributed by atoms with van der Waals surface area (Å²) in [6.07, 6.45) is 4.64. The van der Waals surface area contributed by atoms with Gasteiger partial charge in [-0.1, -0.05) is 31.0 Å². The van der Waals surface area contributed by atoms with Crippen molar-refractivity contribution >= 4 is 5.91 Å². The number of para-hydroxylation sites is 1. The first-order valence-electron chi connectivity index (χ1n) is 7.86. The zero-order valence-corrected chi connectivity index (χ0v) is 12.8. The number of ether oxygens (including phenoxy) is 1. The van der Waals surface area contributed by atoms with Gasteiger partial charge in [0.05, 0.1) is 0 Å². The number of benzene rings is 1. The van der Waals surface area contributed by atoms with Gasteiger partial charge >= 0.3 is 0 Å². The van der Waals surface area contributed by atoms with Crippen LogP contribution in [-0.2, 0) is 11.2 Å². The Bertz CT molecular complexity index is 453. The molecule has 0 spiro atoms. The van der Waals surface area contributed by atoms with Crippen LogP contribution in [0.2, 0.25) is 0 Å². The molecule has 1 N–H and O–H groups in total. The Morgan fingerprint density at radius 3 is 2.57 bits per heavy atom. The molecule has 1 saturated heterocycles. The number of carbonyl (C=O) groups excluding carboxylic acids is 1. The maximum Gasteiger partial charge on any atom is 0.263 e. The molecule has 0 radical (unpaired) electrons. The van der Waals surface area contributed by atoms with Crippen LogP contribution in [0.5, 0.6) is 5.75 Å². The van der Waals surface area contributed by atoms with E-state index in [-0.39, 0.29) is 12.5 Å². The fourth-order valence-electron chi connectivity index (χ4n) is 2.73. The highest BCUT2D eigenvalue weighted by atomic mass is 16.5. The monoisotopic (exact) mass is 291 g/mol. The van der Waals surface area contributed by atoms with Gasteiger partial charge in [0.2, 0.25) is 0 Å². The lowest BCUT2D eigenvalue weighted by Gasteiger charge is -2.25. The standard InChI is InChI=1S/C17H25NO3/c1-14(17(20)18-11-6-2-3-7-12-18)21-16-9-5-4-8-15(16)10-13-19/h4-5,8-9,14,19H,2-3,6-7,10-13H2,1H3. The number of likely N-dealkylation sites (tertiary alicyclic amines) is 1. The van der Waals surface area contributed by atoms with Gasteiger partial charge in [-0.2, -0.15) is 0 Å². The lowest BCUT2D eigenvalue weighted by molar-refractivity contribution is -0.137. The number of aliphatic hydroxyl groups is 1. The molecule has 0 aromatic heterocycles. The average molecular weight is 291 g/mol. The Balaban J connectivity index is 1.99. The predicted octanol–water partition coefficient (Wildman–Crippen LogP) is 2.39. The Morgan fingerprint density at radius 1 is 1.24 bits per heavy atom. The lowest BCUT2D eigenvalue weighted by atomic mass is 10.1. The van der Waals surface area contributed by atoms with Gasteiger partial charge in [-0.15, -0.1) is 0 Å². The van der Waals surface area contributed by atoms with Crippen molar-refractivity contribution in [2.24, 2.45) is 0 Å². The highest BCUT2D eigenvalue weighted by Crippen LogP contribution is 2.21. The number of carbonyl (C=O) groups is 1. The van der Waals surface area contributed by atoms with E-state index in [9.17, 15) is 4.79 Å². The molecular formula is C17H25NO3. The highest BCUT2D eigenvalue weighted by molar-refractivity contribution is 5.81. The predicted molar refractivity (Wildman–Crippen MR) is 82.4 cm³/mol. The topological polar surface area (TPSA) is 49.8 Å². The van der Waals surface area contributed by atoms with Crippen molar-refractivity contribution in [2.45, 2.75) is 45.1 Å².